The number of hydrogen-bond donors (Lipinski definition) is 1. The highest BCUT2D eigenvalue weighted by atomic mass is 32.2. The molecule has 1 atom stereocenters. The van der Waals surface area contributed by atoms with E-state index in [4.69, 9.17) is 4.42 Å². The summed E-state index contributed by atoms with van der Waals surface area (Å²) in [4.78, 5) is 26.3. The molecule has 1 N–H and O–H groups in total. The van der Waals surface area contributed by atoms with E-state index in [0.717, 1.165) is 18.4 Å². The van der Waals surface area contributed by atoms with E-state index in [9.17, 15) is 22.4 Å². The average Bonchev–Trinajstić information content (AvgIpc) is 3.34. The van der Waals surface area contributed by atoms with E-state index in [1.807, 2.05) is 0 Å². The molecule has 3 aromatic rings. The Bertz CT molecular complexity index is 1240. The van der Waals surface area contributed by atoms with Crippen LogP contribution in [-0.2, 0) is 14.6 Å². The van der Waals surface area contributed by atoms with Gasteiger partial charge in [-0.2, -0.15) is 0 Å². The highest BCUT2D eigenvalue weighted by Crippen LogP contribution is 2.32. The molecule has 0 saturated carbocycles. The molecule has 1 aliphatic rings. The van der Waals surface area contributed by atoms with Crippen LogP contribution in [0.1, 0.15) is 28.6 Å². The monoisotopic (exact) mass is 444 g/mol. The van der Waals surface area contributed by atoms with E-state index in [2.05, 4.69) is 15.5 Å². The SMILES string of the molecule is CS(=O)(=O)c1ccc(N2CC(c3nnc(NC(=O)c4ccc(F)cc4)o3)CC2=O)cc1. The molecule has 2 amide bonds. The van der Waals surface area contributed by atoms with Crippen LogP contribution in [0.2, 0.25) is 0 Å². The van der Waals surface area contributed by atoms with Crippen molar-refractivity contribution in [3.63, 3.8) is 0 Å². The molecule has 11 heteroatoms. The molecule has 0 aliphatic carbocycles. The first-order chi connectivity index (χ1) is 14.7. The summed E-state index contributed by atoms with van der Waals surface area (Å²) in [6.07, 6.45) is 1.24. The first kappa shape index (κ1) is 20.7. The molecular formula is C20H17FN4O5S. The fourth-order valence-corrected chi connectivity index (χ4v) is 3.85. The zero-order valence-corrected chi connectivity index (χ0v) is 17.1. The maximum atomic E-state index is 13.0. The number of sulfone groups is 1. The van der Waals surface area contributed by atoms with Crippen molar-refractivity contribution in [2.75, 3.05) is 23.0 Å². The van der Waals surface area contributed by atoms with Gasteiger partial charge in [0.25, 0.3) is 5.91 Å². The number of benzene rings is 2. The number of anilines is 2. The zero-order valence-electron chi connectivity index (χ0n) is 16.3. The first-order valence-corrected chi connectivity index (χ1v) is 11.1. The first-order valence-electron chi connectivity index (χ1n) is 9.21. The largest absolute Gasteiger partial charge is 0.407 e. The summed E-state index contributed by atoms with van der Waals surface area (Å²) < 4.78 is 41.7. The Morgan fingerprint density at radius 3 is 2.45 bits per heavy atom. The summed E-state index contributed by atoms with van der Waals surface area (Å²) in [5.41, 5.74) is 0.783. The van der Waals surface area contributed by atoms with E-state index >= 15 is 0 Å². The molecule has 1 aliphatic heterocycles. The van der Waals surface area contributed by atoms with Gasteiger partial charge >= 0.3 is 6.01 Å². The molecule has 31 heavy (non-hydrogen) atoms. The highest BCUT2D eigenvalue weighted by Gasteiger charge is 2.35. The minimum Gasteiger partial charge on any atom is -0.407 e. The molecule has 1 unspecified atom stereocenters. The lowest BCUT2D eigenvalue weighted by atomic mass is 10.1. The molecule has 0 spiro atoms. The molecule has 1 aromatic heterocycles. The van der Waals surface area contributed by atoms with Crippen molar-refractivity contribution in [2.24, 2.45) is 0 Å². The summed E-state index contributed by atoms with van der Waals surface area (Å²) in [6, 6.07) is 10.9. The van der Waals surface area contributed by atoms with Crippen molar-refractivity contribution in [2.45, 2.75) is 17.2 Å². The summed E-state index contributed by atoms with van der Waals surface area (Å²) in [5.74, 6) is -1.36. The number of carbonyl (C=O) groups is 2. The predicted molar refractivity (Wildman–Crippen MR) is 108 cm³/mol. The molecule has 2 aromatic carbocycles. The van der Waals surface area contributed by atoms with Crippen LogP contribution < -0.4 is 10.2 Å². The number of amides is 2. The second-order valence-corrected chi connectivity index (χ2v) is 9.09. The van der Waals surface area contributed by atoms with Crippen LogP contribution in [0.3, 0.4) is 0 Å². The molecule has 4 rings (SSSR count). The number of nitrogens with zero attached hydrogens (tertiary/aromatic N) is 3. The van der Waals surface area contributed by atoms with Gasteiger partial charge in [0.1, 0.15) is 5.82 Å². The summed E-state index contributed by atoms with van der Waals surface area (Å²) >= 11 is 0. The van der Waals surface area contributed by atoms with Crippen molar-refractivity contribution in [1.82, 2.24) is 10.2 Å². The highest BCUT2D eigenvalue weighted by molar-refractivity contribution is 7.90. The number of halogens is 1. The Morgan fingerprint density at radius 1 is 1.13 bits per heavy atom. The van der Waals surface area contributed by atoms with E-state index in [1.165, 1.54) is 29.2 Å². The Hall–Kier alpha value is -3.60. The number of nitrogens with one attached hydrogen (secondary N) is 1. The van der Waals surface area contributed by atoms with Crippen molar-refractivity contribution in [3.05, 3.63) is 65.8 Å². The third-order valence-electron chi connectivity index (χ3n) is 4.82. The molecule has 9 nitrogen and oxygen atoms in total. The van der Waals surface area contributed by atoms with Gasteiger partial charge in [-0.1, -0.05) is 5.10 Å². The topological polar surface area (TPSA) is 122 Å². The van der Waals surface area contributed by atoms with Gasteiger partial charge in [0.15, 0.2) is 9.84 Å². The third-order valence-corrected chi connectivity index (χ3v) is 5.95. The van der Waals surface area contributed by atoms with Crippen molar-refractivity contribution < 1.29 is 26.8 Å². The lowest BCUT2D eigenvalue weighted by Crippen LogP contribution is -2.24. The molecule has 2 heterocycles. The molecule has 0 bridgehead atoms. The molecule has 1 saturated heterocycles. The van der Waals surface area contributed by atoms with Crippen LogP contribution >= 0.6 is 0 Å². The second kappa shape index (κ2) is 7.91. The standard InChI is InChI=1S/C20H17FN4O5S/c1-31(28,29)16-8-6-15(7-9-16)25-11-13(10-17(25)26)19-23-24-20(30-19)22-18(27)12-2-4-14(21)5-3-12/h2-9,13H,10-11H2,1H3,(H,22,24,27). The maximum absolute atomic E-state index is 13.0. The van der Waals surface area contributed by atoms with Crippen molar-refractivity contribution >= 4 is 33.4 Å². The van der Waals surface area contributed by atoms with E-state index in [-0.39, 0.29) is 47.2 Å². The van der Waals surface area contributed by atoms with Gasteiger partial charge in [-0.15, -0.1) is 5.10 Å². The lowest BCUT2D eigenvalue weighted by Gasteiger charge is -2.16. The quantitative estimate of drug-likeness (QED) is 0.641. The summed E-state index contributed by atoms with van der Waals surface area (Å²) in [7, 11) is -3.33. The summed E-state index contributed by atoms with van der Waals surface area (Å²) in [6.45, 7) is 0.268. The number of aromatic nitrogens is 2. The van der Waals surface area contributed by atoms with E-state index < -0.39 is 21.6 Å². The van der Waals surface area contributed by atoms with Crippen LogP contribution in [0.4, 0.5) is 16.1 Å². The minimum atomic E-state index is -3.33. The Balaban J connectivity index is 1.44. The van der Waals surface area contributed by atoms with Crippen molar-refractivity contribution in [1.29, 1.82) is 0 Å². The normalized spacial score (nSPS) is 16.5. The van der Waals surface area contributed by atoms with Crippen LogP contribution in [0.25, 0.3) is 0 Å². The fourth-order valence-electron chi connectivity index (χ4n) is 3.22. The molecule has 160 valence electrons. The summed E-state index contributed by atoms with van der Waals surface area (Å²) in [5, 5.41) is 10.1. The minimum absolute atomic E-state index is 0.126. The lowest BCUT2D eigenvalue weighted by molar-refractivity contribution is -0.117. The molecular weight excluding hydrogens is 427 g/mol. The van der Waals surface area contributed by atoms with Crippen molar-refractivity contribution in [3.8, 4) is 0 Å². The van der Waals surface area contributed by atoms with Gasteiger partial charge in [0.05, 0.1) is 10.8 Å². The maximum Gasteiger partial charge on any atom is 0.322 e. The van der Waals surface area contributed by atoms with E-state index in [1.54, 1.807) is 12.1 Å². The van der Waals surface area contributed by atoms with Gasteiger partial charge in [-0.05, 0) is 48.5 Å². The Labute approximate surface area is 176 Å². The van der Waals surface area contributed by atoms with Gasteiger partial charge < -0.3 is 9.32 Å². The fraction of sp³-hybridized carbons (Fsp3) is 0.200. The van der Waals surface area contributed by atoms with Crippen LogP contribution in [0.5, 0.6) is 0 Å². The van der Waals surface area contributed by atoms with E-state index in [0.29, 0.717) is 5.69 Å². The predicted octanol–water partition coefficient (Wildman–Crippen LogP) is 2.39. The van der Waals surface area contributed by atoms with Gasteiger partial charge in [0, 0.05) is 30.5 Å². The van der Waals surface area contributed by atoms with Gasteiger partial charge in [0.2, 0.25) is 11.8 Å². The Morgan fingerprint density at radius 2 is 1.81 bits per heavy atom. The molecule has 1 fully saturated rings. The van der Waals surface area contributed by atoms with Gasteiger partial charge in [-0.25, -0.2) is 12.8 Å². The second-order valence-electron chi connectivity index (χ2n) is 7.08. The smallest absolute Gasteiger partial charge is 0.322 e. The number of rotatable bonds is 5. The van der Waals surface area contributed by atoms with Crippen LogP contribution in [0, 0.1) is 5.82 Å². The van der Waals surface area contributed by atoms with Crippen LogP contribution in [-0.4, -0.2) is 43.2 Å². The third kappa shape index (κ3) is 4.45. The average molecular weight is 444 g/mol. The molecule has 0 radical (unpaired) electrons. The number of carbonyl (C=O) groups excluding carboxylic acids is 2. The van der Waals surface area contributed by atoms with Crippen LogP contribution in [0.15, 0.2) is 57.8 Å². The number of hydrogen-bond acceptors (Lipinski definition) is 7. The van der Waals surface area contributed by atoms with Gasteiger partial charge in [-0.3, -0.25) is 14.9 Å². The zero-order chi connectivity index (χ0) is 22.2. The Kier molecular flexibility index (Phi) is 5.27.